The molecule has 0 saturated carbocycles. The molecule has 0 atom stereocenters. The molecule has 7 nitrogen and oxygen atoms in total. The van der Waals surface area contributed by atoms with Gasteiger partial charge in [0.1, 0.15) is 0 Å². The molecule has 0 spiro atoms. The van der Waals surface area contributed by atoms with Gasteiger partial charge in [0.25, 0.3) is 5.56 Å². The van der Waals surface area contributed by atoms with Crippen molar-refractivity contribution in [2.75, 3.05) is 6.61 Å². The van der Waals surface area contributed by atoms with Crippen molar-refractivity contribution in [3.63, 3.8) is 0 Å². The monoisotopic (exact) mass is 300 g/mol. The number of fused-ring (bicyclic) bond motifs is 1. The number of aromatic nitrogens is 4. The summed E-state index contributed by atoms with van der Waals surface area (Å²) in [5, 5.41) is 8.96. The lowest BCUT2D eigenvalue weighted by Crippen LogP contribution is -2.37. The Balaban J connectivity index is 2.53. The standard InChI is InChI=1S/C12H17ClN4O3/c1-15-9-8(10(19)16(2)12(15)20)17(11(13)14-9)6-4-3-5-7-18/h18H,3-7H2,1-2H3. The van der Waals surface area contributed by atoms with E-state index in [4.69, 9.17) is 16.7 Å². The molecule has 2 heterocycles. The van der Waals surface area contributed by atoms with Crippen molar-refractivity contribution < 1.29 is 5.11 Å². The van der Waals surface area contributed by atoms with Crippen molar-refractivity contribution in [2.24, 2.45) is 14.1 Å². The molecule has 0 aliphatic heterocycles. The molecule has 0 fully saturated rings. The van der Waals surface area contributed by atoms with Crippen LogP contribution in [0.25, 0.3) is 11.2 Å². The Bertz CT molecular complexity index is 744. The third kappa shape index (κ3) is 2.38. The molecule has 0 unspecified atom stereocenters. The number of aliphatic hydroxyl groups is 1. The van der Waals surface area contributed by atoms with Gasteiger partial charge in [0.2, 0.25) is 5.28 Å². The van der Waals surface area contributed by atoms with E-state index < -0.39 is 11.2 Å². The highest BCUT2D eigenvalue weighted by molar-refractivity contribution is 6.29. The van der Waals surface area contributed by atoms with E-state index >= 15 is 0 Å². The maximum absolute atomic E-state index is 12.2. The minimum atomic E-state index is -0.427. The lowest BCUT2D eigenvalue weighted by molar-refractivity contribution is 0.282. The Morgan fingerprint density at radius 2 is 1.85 bits per heavy atom. The lowest BCUT2D eigenvalue weighted by Gasteiger charge is -2.07. The summed E-state index contributed by atoms with van der Waals surface area (Å²) in [6.07, 6.45) is 2.32. The summed E-state index contributed by atoms with van der Waals surface area (Å²) in [6.45, 7) is 0.678. The predicted molar refractivity (Wildman–Crippen MR) is 76.2 cm³/mol. The van der Waals surface area contributed by atoms with Crippen LogP contribution >= 0.6 is 11.6 Å². The highest BCUT2D eigenvalue weighted by Crippen LogP contribution is 2.16. The number of imidazole rings is 1. The van der Waals surface area contributed by atoms with Gasteiger partial charge in [-0.2, -0.15) is 4.98 Å². The second-order valence-electron chi connectivity index (χ2n) is 4.69. The number of hydrogen-bond donors (Lipinski definition) is 1. The van der Waals surface area contributed by atoms with Gasteiger partial charge in [-0.15, -0.1) is 0 Å². The Morgan fingerprint density at radius 1 is 1.15 bits per heavy atom. The van der Waals surface area contributed by atoms with Crippen LogP contribution in [-0.2, 0) is 20.6 Å². The van der Waals surface area contributed by atoms with E-state index in [0.717, 1.165) is 17.4 Å². The highest BCUT2D eigenvalue weighted by atomic mass is 35.5. The number of halogens is 1. The zero-order chi connectivity index (χ0) is 14.9. The van der Waals surface area contributed by atoms with Crippen molar-refractivity contribution >= 4 is 22.8 Å². The summed E-state index contributed by atoms with van der Waals surface area (Å²) in [5.74, 6) is 0. The first-order chi connectivity index (χ1) is 9.49. The fourth-order valence-corrected chi connectivity index (χ4v) is 2.43. The summed E-state index contributed by atoms with van der Waals surface area (Å²) in [6, 6.07) is 0. The molecule has 0 aliphatic rings. The van der Waals surface area contributed by atoms with E-state index in [1.54, 1.807) is 11.6 Å². The molecule has 8 heteroatoms. The van der Waals surface area contributed by atoms with Gasteiger partial charge in [-0.3, -0.25) is 13.9 Å². The maximum atomic E-state index is 12.2. The van der Waals surface area contributed by atoms with Gasteiger partial charge in [-0.1, -0.05) is 0 Å². The van der Waals surface area contributed by atoms with Gasteiger partial charge in [-0.05, 0) is 30.9 Å². The minimum Gasteiger partial charge on any atom is -0.396 e. The highest BCUT2D eigenvalue weighted by Gasteiger charge is 2.17. The number of nitrogens with zero attached hydrogens (tertiary/aromatic N) is 4. The van der Waals surface area contributed by atoms with E-state index in [1.807, 2.05) is 0 Å². The number of unbranched alkanes of at least 4 members (excludes halogenated alkanes) is 2. The van der Waals surface area contributed by atoms with Crippen molar-refractivity contribution in [1.29, 1.82) is 0 Å². The van der Waals surface area contributed by atoms with Crippen LogP contribution in [0.3, 0.4) is 0 Å². The third-order valence-electron chi connectivity index (χ3n) is 3.34. The van der Waals surface area contributed by atoms with Gasteiger partial charge in [0, 0.05) is 27.2 Å². The molecule has 20 heavy (non-hydrogen) atoms. The molecular weight excluding hydrogens is 284 g/mol. The van der Waals surface area contributed by atoms with Crippen LogP contribution < -0.4 is 11.2 Å². The van der Waals surface area contributed by atoms with Gasteiger partial charge in [-0.25, -0.2) is 4.79 Å². The molecule has 0 aromatic carbocycles. The molecule has 2 aromatic heterocycles. The number of aliphatic hydroxyl groups excluding tert-OH is 1. The van der Waals surface area contributed by atoms with Crippen LogP contribution in [0.15, 0.2) is 9.59 Å². The average molecular weight is 301 g/mol. The Kier molecular flexibility index (Phi) is 4.29. The zero-order valence-electron chi connectivity index (χ0n) is 11.5. The molecule has 2 rings (SSSR count). The summed E-state index contributed by atoms with van der Waals surface area (Å²) in [7, 11) is 2.99. The largest absolute Gasteiger partial charge is 0.396 e. The van der Waals surface area contributed by atoms with Crippen molar-refractivity contribution in [1.82, 2.24) is 18.7 Å². The first kappa shape index (κ1) is 14.8. The fraction of sp³-hybridized carbons (Fsp3) is 0.583. The van der Waals surface area contributed by atoms with Gasteiger partial charge in [0.05, 0.1) is 0 Å². The normalized spacial score (nSPS) is 11.4. The Hall–Kier alpha value is -1.60. The van der Waals surface area contributed by atoms with Crippen LogP contribution in [0.2, 0.25) is 5.28 Å². The zero-order valence-corrected chi connectivity index (χ0v) is 12.2. The van der Waals surface area contributed by atoms with Gasteiger partial charge in [0.15, 0.2) is 11.2 Å². The molecule has 0 amide bonds. The minimum absolute atomic E-state index is 0.147. The quantitative estimate of drug-likeness (QED) is 0.634. The lowest BCUT2D eigenvalue weighted by atomic mass is 10.2. The van der Waals surface area contributed by atoms with Crippen LogP contribution in [-0.4, -0.2) is 30.4 Å². The van der Waals surface area contributed by atoms with Gasteiger partial charge < -0.3 is 9.67 Å². The summed E-state index contributed by atoms with van der Waals surface area (Å²) in [5.41, 5.74) is -0.192. The summed E-state index contributed by atoms with van der Waals surface area (Å²) >= 11 is 6.07. The molecular formula is C12H17ClN4O3. The maximum Gasteiger partial charge on any atom is 0.332 e. The van der Waals surface area contributed by atoms with Crippen molar-refractivity contribution in [2.45, 2.75) is 25.8 Å². The van der Waals surface area contributed by atoms with Gasteiger partial charge >= 0.3 is 5.69 Å². The second kappa shape index (κ2) is 5.80. The molecule has 0 saturated heterocycles. The van der Waals surface area contributed by atoms with Crippen LogP contribution in [0.4, 0.5) is 0 Å². The van der Waals surface area contributed by atoms with E-state index in [1.165, 1.54) is 11.6 Å². The van der Waals surface area contributed by atoms with Crippen molar-refractivity contribution in [3.05, 3.63) is 26.1 Å². The molecule has 2 aromatic rings. The molecule has 110 valence electrons. The molecule has 0 bridgehead atoms. The smallest absolute Gasteiger partial charge is 0.332 e. The first-order valence-corrected chi connectivity index (χ1v) is 6.79. The number of aryl methyl sites for hydroxylation is 2. The fourth-order valence-electron chi connectivity index (χ4n) is 2.18. The summed E-state index contributed by atoms with van der Waals surface area (Å²) < 4.78 is 3.98. The number of hydrogen-bond acceptors (Lipinski definition) is 4. The number of rotatable bonds is 5. The molecule has 0 aliphatic carbocycles. The third-order valence-corrected chi connectivity index (χ3v) is 3.63. The van der Waals surface area contributed by atoms with E-state index in [-0.39, 0.29) is 11.9 Å². The van der Waals surface area contributed by atoms with Crippen LogP contribution in [0, 0.1) is 0 Å². The molecule has 0 radical (unpaired) electrons. The van der Waals surface area contributed by atoms with E-state index in [9.17, 15) is 9.59 Å². The van der Waals surface area contributed by atoms with Crippen molar-refractivity contribution in [3.8, 4) is 0 Å². The Morgan fingerprint density at radius 3 is 2.50 bits per heavy atom. The average Bonchev–Trinajstić information content (AvgIpc) is 2.76. The van der Waals surface area contributed by atoms with E-state index in [0.29, 0.717) is 24.1 Å². The predicted octanol–water partition coefficient (Wildman–Crippen LogP) is 0.250. The topological polar surface area (TPSA) is 82.0 Å². The van der Waals surface area contributed by atoms with E-state index in [2.05, 4.69) is 4.98 Å². The first-order valence-electron chi connectivity index (χ1n) is 6.41. The van der Waals surface area contributed by atoms with Crippen LogP contribution in [0.1, 0.15) is 19.3 Å². The second-order valence-corrected chi connectivity index (χ2v) is 5.03. The molecule has 1 N–H and O–H groups in total. The van der Waals surface area contributed by atoms with Crippen LogP contribution in [0.5, 0.6) is 0 Å². The summed E-state index contributed by atoms with van der Waals surface area (Å²) in [4.78, 5) is 28.1. The SMILES string of the molecule is Cn1c(=O)c2c(nc(Cl)n2CCCCCO)n(C)c1=O. The Labute approximate surface area is 120 Å².